The zero-order valence-corrected chi connectivity index (χ0v) is 19.5. The first-order valence-corrected chi connectivity index (χ1v) is 12.1. The number of rotatable bonds is 13. The van der Waals surface area contributed by atoms with Crippen LogP contribution in [-0.2, 0) is 6.54 Å². The van der Waals surface area contributed by atoms with Crippen molar-refractivity contribution in [1.29, 1.82) is 0 Å². The number of nitrogens with zero attached hydrogens (tertiary/aromatic N) is 1. The highest BCUT2D eigenvalue weighted by molar-refractivity contribution is 6.33. The molecule has 0 radical (unpaired) electrons. The van der Waals surface area contributed by atoms with Gasteiger partial charge in [0.05, 0.1) is 12.6 Å². The van der Waals surface area contributed by atoms with Crippen molar-refractivity contribution in [3.63, 3.8) is 0 Å². The summed E-state index contributed by atoms with van der Waals surface area (Å²) in [6, 6.07) is 11.8. The van der Waals surface area contributed by atoms with Crippen LogP contribution < -0.4 is 5.32 Å². The van der Waals surface area contributed by atoms with Gasteiger partial charge in [0.25, 0.3) is 0 Å². The molecule has 0 fully saturated rings. The van der Waals surface area contributed by atoms with Gasteiger partial charge in [-0.05, 0) is 49.4 Å². The molecular weight excluding hydrogens is 415 g/mol. The Morgan fingerprint density at radius 3 is 1.93 bits per heavy atom. The van der Waals surface area contributed by atoms with Crippen LogP contribution in [0.15, 0.2) is 36.4 Å². The monoisotopic (exact) mass is 448 g/mol. The summed E-state index contributed by atoms with van der Waals surface area (Å²) < 4.78 is 2.17. The normalized spacial score (nSPS) is 12.8. The largest absolute Gasteiger partial charge is 0.390 e. The summed E-state index contributed by atoms with van der Waals surface area (Å²) in [6.45, 7) is 4.35. The quantitative estimate of drug-likeness (QED) is 0.271. The third kappa shape index (κ3) is 6.37. The van der Waals surface area contributed by atoms with Crippen LogP contribution in [0.1, 0.15) is 58.3 Å². The molecule has 1 aromatic heterocycles. The van der Waals surface area contributed by atoms with Crippen molar-refractivity contribution in [3.8, 4) is 0 Å². The Balaban J connectivity index is 1.50. The fraction of sp³-hybridized carbons (Fsp3) is 0.520. The van der Waals surface area contributed by atoms with Gasteiger partial charge in [0.15, 0.2) is 0 Å². The minimum atomic E-state index is -0.454. The van der Waals surface area contributed by atoms with Crippen molar-refractivity contribution in [3.05, 3.63) is 46.4 Å². The Labute approximate surface area is 190 Å². The van der Waals surface area contributed by atoms with E-state index in [0.717, 1.165) is 28.4 Å². The lowest BCUT2D eigenvalue weighted by Gasteiger charge is -2.15. The van der Waals surface area contributed by atoms with E-state index in [9.17, 15) is 5.11 Å². The highest BCUT2D eigenvalue weighted by atomic mass is 35.5. The Kier molecular flexibility index (Phi) is 9.32. The molecular formula is C25H34Cl2N2O. The summed E-state index contributed by atoms with van der Waals surface area (Å²) in [5.41, 5.74) is 2.14. The van der Waals surface area contributed by atoms with Crippen LogP contribution in [0.5, 0.6) is 0 Å². The van der Waals surface area contributed by atoms with Crippen LogP contribution >= 0.6 is 23.2 Å². The fourth-order valence-electron chi connectivity index (χ4n) is 4.17. The van der Waals surface area contributed by atoms with E-state index in [1.54, 1.807) is 0 Å². The summed E-state index contributed by atoms with van der Waals surface area (Å²) in [6.07, 6.45) is 10.1. The second-order valence-corrected chi connectivity index (χ2v) is 9.14. The van der Waals surface area contributed by atoms with Gasteiger partial charge in [-0.15, -0.1) is 0 Å². The lowest BCUT2D eigenvalue weighted by molar-refractivity contribution is 0.154. The molecule has 0 aliphatic carbocycles. The highest BCUT2D eigenvalue weighted by Crippen LogP contribution is 2.33. The first kappa shape index (κ1) is 23.4. The summed E-state index contributed by atoms with van der Waals surface area (Å²) in [5.74, 6) is 0. The molecule has 1 atom stereocenters. The molecule has 3 nitrogen and oxygen atoms in total. The summed E-state index contributed by atoms with van der Waals surface area (Å²) >= 11 is 12.4. The van der Waals surface area contributed by atoms with E-state index in [0.29, 0.717) is 23.1 Å². The molecule has 30 heavy (non-hydrogen) atoms. The van der Waals surface area contributed by atoms with Gasteiger partial charge in [-0.2, -0.15) is 0 Å². The molecule has 3 rings (SSSR count). The number of unbranched alkanes of at least 4 members (excludes halogenated alkanes) is 7. The van der Waals surface area contributed by atoms with Crippen LogP contribution in [0.4, 0.5) is 0 Å². The van der Waals surface area contributed by atoms with Crippen molar-refractivity contribution in [2.45, 2.75) is 70.9 Å². The predicted molar refractivity (Wildman–Crippen MR) is 131 cm³/mol. The molecule has 164 valence electrons. The molecule has 0 unspecified atom stereocenters. The smallest absolute Gasteiger partial charge is 0.0843 e. The first-order valence-electron chi connectivity index (χ1n) is 11.4. The summed E-state index contributed by atoms with van der Waals surface area (Å²) in [5, 5.41) is 17.6. The number of aliphatic hydroxyl groups excluding tert-OH is 1. The van der Waals surface area contributed by atoms with Crippen molar-refractivity contribution in [1.82, 2.24) is 9.88 Å². The molecule has 3 aromatic rings. The van der Waals surface area contributed by atoms with Gasteiger partial charge >= 0.3 is 0 Å². The number of fused-ring (bicyclic) bond motifs is 3. The van der Waals surface area contributed by atoms with E-state index >= 15 is 0 Å². The molecule has 0 saturated carbocycles. The SMILES string of the molecule is CCCCCCCCCCNC[C@H](O)Cn1c2ccc(Cl)cc2c2cc(Cl)ccc21. The standard InChI is InChI=1S/C25H34Cl2N2O/c1-2-3-4-5-6-7-8-9-14-28-17-21(30)18-29-24-12-10-19(26)15-22(24)23-16-20(27)11-13-25(23)29/h10-13,15-16,21,28,30H,2-9,14,17-18H2,1H3/t21-/m0/s1. The fourth-order valence-corrected chi connectivity index (χ4v) is 4.52. The zero-order valence-electron chi connectivity index (χ0n) is 18.0. The number of hydrogen-bond donors (Lipinski definition) is 2. The van der Waals surface area contributed by atoms with E-state index in [1.807, 2.05) is 36.4 Å². The Bertz CT molecular complexity index is 878. The van der Waals surface area contributed by atoms with E-state index in [4.69, 9.17) is 23.2 Å². The van der Waals surface area contributed by atoms with Crippen molar-refractivity contribution in [2.24, 2.45) is 0 Å². The van der Waals surface area contributed by atoms with Gasteiger partial charge in [0, 0.05) is 38.4 Å². The molecule has 0 bridgehead atoms. The van der Waals surface area contributed by atoms with E-state index in [-0.39, 0.29) is 0 Å². The first-order chi connectivity index (χ1) is 14.6. The maximum absolute atomic E-state index is 10.6. The third-order valence-electron chi connectivity index (χ3n) is 5.77. The molecule has 0 aliphatic heterocycles. The topological polar surface area (TPSA) is 37.2 Å². The van der Waals surface area contributed by atoms with Crippen molar-refractivity contribution in [2.75, 3.05) is 13.1 Å². The Hall–Kier alpha value is -1.26. The van der Waals surface area contributed by atoms with Crippen LogP contribution in [0.3, 0.4) is 0 Å². The lowest BCUT2D eigenvalue weighted by Crippen LogP contribution is -2.30. The Morgan fingerprint density at radius 2 is 1.37 bits per heavy atom. The molecule has 0 saturated heterocycles. The summed E-state index contributed by atoms with van der Waals surface area (Å²) in [7, 11) is 0. The van der Waals surface area contributed by atoms with Gasteiger partial charge in [0.2, 0.25) is 0 Å². The third-order valence-corrected chi connectivity index (χ3v) is 6.24. The van der Waals surface area contributed by atoms with Crippen LogP contribution in [0.25, 0.3) is 21.8 Å². The van der Waals surface area contributed by atoms with Gasteiger partial charge < -0.3 is 15.0 Å². The molecule has 2 aromatic carbocycles. The van der Waals surface area contributed by atoms with Gasteiger partial charge in [0.1, 0.15) is 0 Å². The highest BCUT2D eigenvalue weighted by Gasteiger charge is 2.14. The van der Waals surface area contributed by atoms with Gasteiger partial charge in [-0.25, -0.2) is 0 Å². The zero-order chi connectivity index (χ0) is 21.3. The number of benzene rings is 2. The molecule has 0 amide bonds. The summed E-state index contributed by atoms with van der Waals surface area (Å²) in [4.78, 5) is 0. The number of nitrogens with one attached hydrogen (secondary N) is 1. The molecule has 0 aliphatic rings. The number of aromatic nitrogens is 1. The average molecular weight is 449 g/mol. The molecule has 5 heteroatoms. The predicted octanol–water partition coefficient (Wildman–Crippen LogP) is 7.19. The van der Waals surface area contributed by atoms with Crippen molar-refractivity contribution < 1.29 is 5.11 Å². The van der Waals surface area contributed by atoms with Gasteiger partial charge in [-0.1, -0.05) is 75.1 Å². The second-order valence-electron chi connectivity index (χ2n) is 8.27. The van der Waals surface area contributed by atoms with Crippen LogP contribution in [0, 0.1) is 0 Å². The van der Waals surface area contributed by atoms with Gasteiger partial charge in [-0.3, -0.25) is 0 Å². The van der Waals surface area contributed by atoms with Crippen LogP contribution in [0.2, 0.25) is 10.0 Å². The molecule has 1 heterocycles. The molecule has 2 N–H and O–H groups in total. The second kappa shape index (κ2) is 12.0. The van der Waals surface area contributed by atoms with Crippen molar-refractivity contribution >= 4 is 45.0 Å². The maximum atomic E-state index is 10.6. The minimum Gasteiger partial charge on any atom is -0.390 e. The van der Waals surface area contributed by atoms with Crippen LogP contribution in [-0.4, -0.2) is 28.9 Å². The van der Waals surface area contributed by atoms with E-state index in [2.05, 4.69) is 16.8 Å². The number of aliphatic hydroxyl groups is 1. The Morgan fingerprint density at radius 1 is 0.833 bits per heavy atom. The average Bonchev–Trinajstić information content (AvgIpc) is 3.01. The lowest BCUT2D eigenvalue weighted by atomic mass is 10.1. The molecule has 0 spiro atoms. The van der Waals surface area contributed by atoms with E-state index in [1.165, 1.54) is 51.4 Å². The van der Waals surface area contributed by atoms with E-state index < -0.39 is 6.10 Å². The minimum absolute atomic E-state index is 0.454. The number of halogens is 2. The maximum Gasteiger partial charge on any atom is 0.0843 e. The number of hydrogen-bond acceptors (Lipinski definition) is 2.